The Labute approximate surface area is 101 Å². The monoisotopic (exact) mass is 232 g/mol. The smallest absolute Gasteiger partial charge is 0.247 e. The predicted octanol–water partition coefficient (Wildman–Crippen LogP) is 1.64. The molecule has 90 valence electrons. The number of carbonyl (C=O) groups excluding carboxylic acids is 2. The van der Waals surface area contributed by atoms with Crippen LogP contribution in [0, 0.1) is 0 Å². The van der Waals surface area contributed by atoms with E-state index in [4.69, 9.17) is 0 Å². The molecule has 17 heavy (non-hydrogen) atoms. The molecule has 2 amide bonds. The minimum absolute atomic E-state index is 0.0317. The van der Waals surface area contributed by atoms with Gasteiger partial charge in [0.05, 0.1) is 0 Å². The lowest BCUT2D eigenvalue weighted by Gasteiger charge is -2.22. The fourth-order valence-corrected chi connectivity index (χ4v) is 2.16. The van der Waals surface area contributed by atoms with E-state index in [1.54, 1.807) is 4.90 Å². The standard InChI is InChI=1S/C13H16N2O2/c1-10(16)15-9-5-8-12(15)13(17)14-11-6-3-2-4-7-11/h2-4,6-7,12H,5,8-9H2,1H3,(H,14,17)/t12-/m0/s1. The first kappa shape index (κ1) is 11.6. The van der Waals surface area contributed by atoms with Crippen molar-refractivity contribution < 1.29 is 9.59 Å². The van der Waals surface area contributed by atoms with Crippen molar-refractivity contribution in [2.45, 2.75) is 25.8 Å². The molecule has 0 aromatic heterocycles. The molecule has 1 N–H and O–H groups in total. The first-order chi connectivity index (χ1) is 8.18. The highest BCUT2D eigenvalue weighted by molar-refractivity contribution is 5.97. The van der Waals surface area contributed by atoms with Crippen LogP contribution in [-0.4, -0.2) is 29.3 Å². The molecule has 1 heterocycles. The molecule has 1 aliphatic heterocycles. The number of nitrogens with zero attached hydrogens (tertiary/aromatic N) is 1. The number of likely N-dealkylation sites (tertiary alicyclic amines) is 1. The Bertz CT molecular complexity index is 417. The van der Waals surface area contributed by atoms with E-state index in [0.717, 1.165) is 18.5 Å². The molecule has 0 unspecified atom stereocenters. The molecule has 2 rings (SSSR count). The van der Waals surface area contributed by atoms with Crippen LogP contribution in [0.4, 0.5) is 5.69 Å². The predicted molar refractivity (Wildman–Crippen MR) is 65.5 cm³/mol. The topological polar surface area (TPSA) is 49.4 Å². The van der Waals surface area contributed by atoms with Crippen LogP contribution in [0.25, 0.3) is 0 Å². The molecule has 1 aromatic carbocycles. The van der Waals surface area contributed by atoms with Gasteiger partial charge in [-0.2, -0.15) is 0 Å². The zero-order valence-electron chi connectivity index (χ0n) is 9.85. The van der Waals surface area contributed by atoms with Crippen LogP contribution in [0.2, 0.25) is 0 Å². The maximum absolute atomic E-state index is 12.0. The van der Waals surface area contributed by atoms with Gasteiger partial charge in [0.2, 0.25) is 11.8 Å². The Morgan fingerprint density at radius 2 is 2.00 bits per heavy atom. The Kier molecular flexibility index (Phi) is 3.42. The highest BCUT2D eigenvalue weighted by Gasteiger charge is 2.32. The molecule has 1 saturated heterocycles. The highest BCUT2D eigenvalue weighted by Crippen LogP contribution is 2.19. The molecule has 0 bridgehead atoms. The molecule has 1 atom stereocenters. The molecule has 0 radical (unpaired) electrons. The fraction of sp³-hybridized carbons (Fsp3) is 0.385. The van der Waals surface area contributed by atoms with Crippen LogP contribution in [0.5, 0.6) is 0 Å². The maximum atomic E-state index is 12.0. The second-order valence-electron chi connectivity index (χ2n) is 4.23. The van der Waals surface area contributed by atoms with Crippen molar-refractivity contribution in [1.29, 1.82) is 0 Å². The molecule has 0 aliphatic carbocycles. The van der Waals surface area contributed by atoms with Gasteiger partial charge in [-0.3, -0.25) is 9.59 Å². The Morgan fingerprint density at radius 1 is 1.29 bits per heavy atom. The quantitative estimate of drug-likeness (QED) is 0.842. The van der Waals surface area contributed by atoms with Gasteiger partial charge in [-0.15, -0.1) is 0 Å². The lowest BCUT2D eigenvalue weighted by atomic mass is 10.2. The van der Waals surface area contributed by atoms with Crippen LogP contribution in [0.1, 0.15) is 19.8 Å². The zero-order valence-corrected chi connectivity index (χ0v) is 9.85. The van der Waals surface area contributed by atoms with Crippen molar-refractivity contribution in [2.75, 3.05) is 11.9 Å². The number of nitrogens with one attached hydrogen (secondary N) is 1. The number of para-hydroxylation sites is 1. The Balaban J connectivity index is 2.03. The minimum Gasteiger partial charge on any atom is -0.331 e. The molecule has 1 aromatic rings. The van der Waals surface area contributed by atoms with Crippen molar-refractivity contribution in [2.24, 2.45) is 0 Å². The van der Waals surface area contributed by atoms with E-state index in [9.17, 15) is 9.59 Å². The number of benzene rings is 1. The molecular formula is C13H16N2O2. The summed E-state index contributed by atoms with van der Waals surface area (Å²) in [4.78, 5) is 25.0. The van der Waals surface area contributed by atoms with Crippen molar-refractivity contribution in [1.82, 2.24) is 4.90 Å². The molecule has 0 saturated carbocycles. The van der Waals surface area contributed by atoms with E-state index >= 15 is 0 Å². The molecule has 1 aliphatic rings. The average Bonchev–Trinajstić information content (AvgIpc) is 2.79. The van der Waals surface area contributed by atoms with Crippen molar-refractivity contribution in [3.05, 3.63) is 30.3 Å². The summed E-state index contributed by atoms with van der Waals surface area (Å²) >= 11 is 0. The van der Waals surface area contributed by atoms with E-state index in [0.29, 0.717) is 6.54 Å². The minimum atomic E-state index is -0.312. The van der Waals surface area contributed by atoms with E-state index in [-0.39, 0.29) is 17.9 Å². The number of hydrogen-bond acceptors (Lipinski definition) is 2. The summed E-state index contributed by atoms with van der Waals surface area (Å²) in [6.45, 7) is 2.19. The molecule has 4 nitrogen and oxygen atoms in total. The largest absolute Gasteiger partial charge is 0.331 e. The normalized spacial score (nSPS) is 19.1. The van der Waals surface area contributed by atoms with Crippen LogP contribution >= 0.6 is 0 Å². The van der Waals surface area contributed by atoms with Crippen LogP contribution in [0.15, 0.2) is 30.3 Å². The maximum Gasteiger partial charge on any atom is 0.247 e. The third-order valence-electron chi connectivity index (χ3n) is 3.00. The lowest BCUT2D eigenvalue weighted by Crippen LogP contribution is -2.42. The molecular weight excluding hydrogens is 216 g/mol. The first-order valence-electron chi connectivity index (χ1n) is 5.81. The third-order valence-corrected chi connectivity index (χ3v) is 3.00. The van der Waals surface area contributed by atoms with E-state index in [1.165, 1.54) is 6.92 Å². The first-order valence-corrected chi connectivity index (χ1v) is 5.81. The molecule has 0 spiro atoms. The summed E-state index contributed by atoms with van der Waals surface area (Å²) < 4.78 is 0. The summed E-state index contributed by atoms with van der Waals surface area (Å²) in [5, 5.41) is 2.84. The third kappa shape index (κ3) is 2.64. The van der Waals surface area contributed by atoms with Crippen molar-refractivity contribution in [3.8, 4) is 0 Å². The van der Waals surface area contributed by atoms with Gasteiger partial charge in [0.15, 0.2) is 0 Å². The van der Waals surface area contributed by atoms with Gasteiger partial charge in [0.25, 0.3) is 0 Å². The lowest BCUT2D eigenvalue weighted by molar-refractivity contribution is -0.134. The van der Waals surface area contributed by atoms with Crippen molar-refractivity contribution in [3.63, 3.8) is 0 Å². The Morgan fingerprint density at radius 3 is 2.65 bits per heavy atom. The van der Waals surface area contributed by atoms with Gasteiger partial charge < -0.3 is 10.2 Å². The van der Waals surface area contributed by atoms with Gasteiger partial charge >= 0.3 is 0 Å². The number of anilines is 1. The summed E-state index contributed by atoms with van der Waals surface area (Å²) in [6, 6.07) is 9.00. The summed E-state index contributed by atoms with van der Waals surface area (Å²) in [5.41, 5.74) is 0.771. The second kappa shape index (κ2) is 4.99. The molecule has 1 fully saturated rings. The summed E-state index contributed by atoms with van der Waals surface area (Å²) in [7, 11) is 0. The Hall–Kier alpha value is -1.84. The number of rotatable bonds is 2. The number of hydrogen-bond donors (Lipinski definition) is 1. The van der Waals surface area contributed by atoms with Crippen LogP contribution in [-0.2, 0) is 9.59 Å². The number of carbonyl (C=O) groups is 2. The highest BCUT2D eigenvalue weighted by atomic mass is 16.2. The van der Waals surface area contributed by atoms with Gasteiger partial charge in [-0.05, 0) is 25.0 Å². The SMILES string of the molecule is CC(=O)N1CCC[C@H]1C(=O)Nc1ccccc1. The summed E-state index contributed by atoms with van der Waals surface area (Å²) in [6.07, 6.45) is 1.64. The van der Waals surface area contributed by atoms with Crippen LogP contribution < -0.4 is 5.32 Å². The van der Waals surface area contributed by atoms with E-state index in [2.05, 4.69) is 5.32 Å². The second-order valence-corrected chi connectivity index (χ2v) is 4.23. The van der Waals surface area contributed by atoms with Gasteiger partial charge in [0, 0.05) is 19.2 Å². The van der Waals surface area contributed by atoms with E-state index < -0.39 is 0 Å². The van der Waals surface area contributed by atoms with E-state index in [1.807, 2.05) is 30.3 Å². The van der Waals surface area contributed by atoms with Crippen molar-refractivity contribution >= 4 is 17.5 Å². The number of amides is 2. The zero-order chi connectivity index (χ0) is 12.3. The fourth-order valence-electron chi connectivity index (χ4n) is 2.16. The van der Waals surface area contributed by atoms with Crippen LogP contribution in [0.3, 0.4) is 0 Å². The molecule has 4 heteroatoms. The van der Waals surface area contributed by atoms with Gasteiger partial charge in [-0.1, -0.05) is 18.2 Å². The average molecular weight is 232 g/mol. The van der Waals surface area contributed by atoms with Gasteiger partial charge in [0.1, 0.15) is 6.04 Å². The van der Waals surface area contributed by atoms with Gasteiger partial charge in [-0.25, -0.2) is 0 Å². The summed E-state index contributed by atoms with van der Waals surface area (Å²) in [5.74, 6) is -0.125.